The quantitative estimate of drug-likeness (QED) is 0.741. The van der Waals surface area contributed by atoms with Gasteiger partial charge in [0.2, 0.25) is 0 Å². The third-order valence-corrected chi connectivity index (χ3v) is 3.49. The van der Waals surface area contributed by atoms with E-state index in [2.05, 4.69) is 26.1 Å². The second kappa shape index (κ2) is 9.43. The number of hydrogen-bond donors (Lipinski definition) is 1. The van der Waals surface area contributed by atoms with Crippen LogP contribution in [0.5, 0.6) is 5.75 Å². The van der Waals surface area contributed by atoms with E-state index in [0.29, 0.717) is 6.42 Å². The van der Waals surface area contributed by atoms with Crippen molar-refractivity contribution >= 4 is 5.91 Å². The average Bonchev–Trinajstić information content (AvgIpc) is 2.45. The average molecular weight is 291 g/mol. The molecule has 1 amide bonds. The van der Waals surface area contributed by atoms with Crippen LogP contribution in [0.1, 0.15) is 53.4 Å². The fourth-order valence-corrected chi connectivity index (χ4v) is 2.23. The van der Waals surface area contributed by atoms with Gasteiger partial charge in [-0.05, 0) is 37.8 Å². The molecule has 0 bridgehead atoms. The van der Waals surface area contributed by atoms with Crippen LogP contribution in [0.2, 0.25) is 0 Å². The Balaban J connectivity index is 2.40. The van der Waals surface area contributed by atoms with E-state index in [1.807, 2.05) is 37.3 Å². The van der Waals surface area contributed by atoms with Crippen LogP contribution in [0, 0.1) is 5.92 Å². The summed E-state index contributed by atoms with van der Waals surface area (Å²) in [5.41, 5.74) is 0. The molecule has 0 fully saturated rings. The van der Waals surface area contributed by atoms with Crippen molar-refractivity contribution in [3.8, 4) is 5.75 Å². The number of ether oxygens (including phenoxy) is 1. The number of carbonyl (C=O) groups excluding carboxylic acids is 1. The molecule has 3 nitrogen and oxygen atoms in total. The zero-order chi connectivity index (χ0) is 15.7. The van der Waals surface area contributed by atoms with Crippen molar-refractivity contribution in [3.63, 3.8) is 0 Å². The Bertz CT molecular complexity index is 403. The van der Waals surface area contributed by atoms with E-state index in [1.54, 1.807) is 0 Å². The maximum atomic E-state index is 12.2. The van der Waals surface area contributed by atoms with Crippen LogP contribution in [-0.4, -0.2) is 18.1 Å². The third kappa shape index (κ3) is 7.16. The van der Waals surface area contributed by atoms with Gasteiger partial charge in [-0.3, -0.25) is 4.79 Å². The molecule has 0 aliphatic heterocycles. The van der Waals surface area contributed by atoms with E-state index in [1.165, 1.54) is 6.42 Å². The topological polar surface area (TPSA) is 38.3 Å². The molecule has 0 radical (unpaired) electrons. The van der Waals surface area contributed by atoms with Crippen LogP contribution in [0.4, 0.5) is 0 Å². The number of para-hydroxylation sites is 1. The molecule has 1 rings (SSSR count). The molecule has 0 spiro atoms. The Kier molecular flexibility index (Phi) is 7.88. The molecule has 3 heteroatoms. The lowest BCUT2D eigenvalue weighted by atomic mass is 10.0. The molecule has 0 heterocycles. The van der Waals surface area contributed by atoms with Crippen LogP contribution in [0.25, 0.3) is 0 Å². The molecule has 0 aliphatic carbocycles. The van der Waals surface area contributed by atoms with Gasteiger partial charge in [-0.1, -0.05) is 51.8 Å². The molecule has 0 aliphatic rings. The van der Waals surface area contributed by atoms with Crippen LogP contribution in [0.15, 0.2) is 30.3 Å². The fraction of sp³-hybridized carbons (Fsp3) is 0.611. The van der Waals surface area contributed by atoms with Gasteiger partial charge in [0.25, 0.3) is 5.91 Å². The number of carbonyl (C=O) groups is 1. The number of hydrogen-bond acceptors (Lipinski definition) is 2. The zero-order valence-electron chi connectivity index (χ0n) is 13.8. The van der Waals surface area contributed by atoms with E-state index < -0.39 is 6.10 Å². The Morgan fingerprint density at radius 2 is 1.81 bits per heavy atom. The Morgan fingerprint density at radius 3 is 2.38 bits per heavy atom. The highest BCUT2D eigenvalue weighted by atomic mass is 16.5. The second-order valence-electron chi connectivity index (χ2n) is 6.06. The number of amides is 1. The summed E-state index contributed by atoms with van der Waals surface area (Å²) in [5.74, 6) is 1.45. The lowest BCUT2D eigenvalue weighted by Gasteiger charge is -2.20. The molecule has 0 saturated heterocycles. The summed E-state index contributed by atoms with van der Waals surface area (Å²) < 4.78 is 5.76. The first-order valence-corrected chi connectivity index (χ1v) is 8.05. The number of rotatable bonds is 9. The van der Waals surface area contributed by atoms with Crippen molar-refractivity contribution in [1.82, 2.24) is 5.32 Å². The molecule has 118 valence electrons. The van der Waals surface area contributed by atoms with Crippen molar-refractivity contribution in [2.75, 3.05) is 0 Å². The summed E-state index contributed by atoms with van der Waals surface area (Å²) in [5, 5.41) is 3.06. The van der Waals surface area contributed by atoms with Gasteiger partial charge in [-0.2, -0.15) is 0 Å². The Labute approximate surface area is 129 Å². The van der Waals surface area contributed by atoms with Gasteiger partial charge in [0.15, 0.2) is 6.10 Å². The van der Waals surface area contributed by atoms with Gasteiger partial charge in [0.05, 0.1) is 0 Å². The van der Waals surface area contributed by atoms with E-state index in [-0.39, 0.29) is 11.9 Å². The van der Waals surface area contributed by atoms with Crippen molar-refractivity contribution in [3.05, 3.63) is 30.3 Å². The van der Waals surface area contributed by atoms with Gasteiger partial charge in [0.1, 0.15) is 5.75 Å². The number of nitrogens with one attached hydrogen (secondary N) is 1. The van der Waals surface area contributed by atoms with E-state index in [9.17, 15) is 4.79 Å². The smallest absolute Gasteiger partial charge is 0.261 e. The lowest BCUT2D eigenvalue weighted by molar-refractivity contribution is -0.128. The minimum atomic E-state index is -0.417. The molecular weight excluding hydrogens is 262 g/mol. The standard InChI is InChI=1S/C18H29NO2/c1-5-17(21-16-12-7-6-8-13-16)18(20)19-15(4)11-9-10-14(2)3/h6-8,12-15,17H,5,9-11H2,1-4H3,(H,19,20). The van der Waals surface area contributed by atoms with Crippen molar-refractivity contribution in [2.45, 2.75) is 65.5 Å². The molecular formula is C18H29NO2. The zero-order valence-corrected chi connectivity index (χ0v) is 13.8. The highest BCUT2D eigenvalue weighted by Crippen LogP contribution is 2.13. The summed E-state index contributed by atoms with van der Waals surface area (Å²) in [4.78, 5) is 12.2. The van der Waals surface area contributed by atoms with Gasteiger partial charge >= 0.3 is 0 Å². The molecule has 1 N–H and O–H groups in total. The van der Waals surface area contributed by atoms with Crippen LogP contribution in [-0.2, 0) is 4.79 Å². The summed E-state index contributed by atoms with van der Waals surface area (Å²) in [7, 11) is 0. The highest BCUT2D eigenvalue weighted by molar-refractivity contribution is 5.81. The first-order valence-electron chi connectivity index (χ1n) is 8.05. The van der Waals surface area contributed by atoms with Crippen molar-refractivity contribution in [1.29, 1.82) is 0 Å². The molecule has 2 atom stereocenters. The SMILES string of the molecule is CCC(Oc1ccccc1)C(=O)NC(C)CCCC(C)C. The Hall–Kier alpha value is -1.51. The normalized spacial score (nSPS) is 13.8. The molecule has 1 aromatic carbocycles. The first-order chi connectivity index (χ1) is 10.0. The summed E-state index contributed by atoms with van der Waals surface area (Å²) in [6.45, 7) is 8.48. The maximum Gasteiger partial charge on any atom is 0.261 e. The summed E-state index contributed by atoms with van der Waals surface area (Å²) in [6.07, 6.45) is 3.62. The predicted octanol–water partition coefficient (Wildman–Crippen LogP) is 4.18. The van der Waals surface area contributed by atoms with Gasteiger partial charge in [-0.15, -0.1) is 0 Å². The minimum absolute atomic E-state index is 0.0154. The summed E-state index contributed by atoms with van der Waals surface area (Å²) in [6, 6.07) is 9.71. The molecule has 0 aromatic heterocycles. The van der Waals surface area contributed by atoms with Crippen molar-refractivity contribution < 1.29 is 9.53 Å². The molecule has 0 saturated carbocycles. The van der Waals surface area contributed by atoms with Crippen LogP contribution >= 0.6 is 0 Å². The Morgan fingerprint density at radius 1 is 1.14 bits per heavy atom. The first kappa shape index (κ1) is 17.5. The van der Waals surface area contributed by atoms with E-state index in [0.717, 1.165) is 24.5 Å². The predicted molar refractivity (Wildman–Crippen MR) is 87.4 cm³/mol. The minimum Gasteiger partial charge on any atom is -0.481 e. The van der Waals surface area contributed by atoms with Crippen LogP contribution < -0.4 is 10.1 Å². The maximum absolute atomic E-state index is 12.2. The van der Waals surface area contributed by atoms with Gasteiger partial charge < -0.3 is 10.1 Å². The van der Waals surface area contributed by atoms with Gasteiger partial charge in [-0.25, -0.2) is 0 Å². The largest absolute Gasteiger partial charge is 0.481 e. The summed E-state index contributed by atoms with van der Waals surface area (Å²) >= 11 is 0. The monoisotopic (exact) mass is 291 g/mol. The molecule has 1 aromatic rings. The highest BCUT2D eigenvalue weighted by Gasteiger charge is 2.19. The van der Waals surface area contributed by atoms with Gasteiger partial charge in [0, 0.05) is 6.04 Å². The number of benzene rings is 1. The van der Waals surface area contributed by atoms with E-state index >= 15 is 0 Å². The lowest BCUT2D eigenvalue weighted by Crippen LogP contribution is -2.42. The molecule has 21 heavy (non-hydrogen) atoms. The third-order valence-electron chi connectivity index (χ3n) is 3.49. The second-order valence-corrected chi connectivity index (χ2v) is 6.06. The molecule has 2 unspecified atom stereocenters. The fourth-order valence-electron chi connectivity index (χ4n) is 2.23. The van der Waals surface area contributed by atoms with Crippen LogP contribution in [0.3, 0.4) is 0 Å². The van der Waals surface area contributed by atoms with Crippen molar-refractivity contribution in [2.24, 2.45) is 5.92 Å². The van der Waals surface area contributed by atoms with E-state index in [4.69, 9.17) is 4.74 Å².